The van der Waals surface area contributed by atoms with Crippen molar-refractivity contribution in [3.05, 3.63) is 53.1 Å². The largest absolute Gasteiger partial charge is 0.494 e. The number of aromatic nitrogens is 4. The minimum Gasteiger partial charge on any atom is -0.494 e. The molecule has 3 rings (SSSR count). The van der Waals surface area contributed by atoms with E-state index in [-0.39, 0.29) is 17.8 Å². The molecule has 0 radical (unpaired) electrons. The molecule has 1 amide bonds. The summed E-state index contributed by atoms with van der Waals surface area (Å²) in [6, 6.07) is 9.55. The fourth-order valence-electron chi connectivity index (χ4n) is 2.98. The third-order valence-corrected chi connectivity index (χ3v) is 4.20. The lowest BCUT2D eigenvalue weighted by Crippen LogP contribution is -2.30. The van der Waals surface area contributed by atoms with Gasteiger partial charge in [-0.1, -0.05) is 19.1 Å². The van der Waals surface area contributed by atoms with Crippen LogP contribution in [-0.4, -0.2) is 32.1 Å². The summed E-state index contributed by atoms with van der Waals surface area (Å²) in [6.45, 7) is 8.40. The van der Waals surface area contributed by atoms with Crippen LogP contribution in [-0.2, 0) is 0 Å². The standard InChI is InChI=1S/C19H23N5O2/c1-5-16(14-7-9-15(10-8-14)26-6-2)21-18(25)17-22-23-19-20-12(3)11-13(4)24(17)19/h7-11,16H,5-6H2,1-4H3,(H,21,25)/t16-/m0/s1. The van der Waals surface area contributed by atoms with Crippen LogP contribution in [0.3, 0.4) is 0 Å². The number of nitrogens with zero attached hydrogens (tertiary/aromatic N) is 4. The lowest BCUT2D eigenvalue weighted by Gasteiger charge is -2.17. The van der Waals surface area contributed by atoms with Crippen LogP contribution in [0.5, 0.6) is 5.75 Å². The van der Waals surface area contributed by atoms with Crippen LogP contribution in [0.2, 0.25) is 0 Å². The number of hydrogen-bond acceptors (Lipinski definition) is 5. The van der Waals surface area contributed by atoms with Crippen molar-refractivity contribution in [2.24, 2.45) is 0 Å². The fourth-order valence-corrected chi connectivity index (χ4v) is 2.98. The van der Waals surface area contributed by atoms with E-state index in [0.29, 0.717) is 12.4 Å². The van der Waals surface area contributed by atoms with Crippen LogP contribution >= 0.6 is 0 Å². The monoisotopic (exact) mass is 353 g/mol. The Morgan fingerprint density at radius 2 is 1.92 bits per heavy atom. The zero-order valence-electron chi connectivity index (χ0n) is 15.5. The van der Waals surface area contributed by atoms with Gasteiger partial charge in [0.2, 0.25) is 5.82 Å². The van der Waals surface area contributed by atoms with Gasteiger partial charge in [0, 0.05) is 11.4 Å². The lowest BCUT2D eigenvalue weighted by atomic mass is 10.0. The molecular formula is C19H23N5O2. The maximum Gasteiger partial charge on any atom is 0.290 e. The molecule has 7 nitrogen and oxygen atoms in total. The summed E-state index contributed by atoms with van der Waals surface area (Å²) >= 11 is 0. The normalized spacial score (nSPS) is 12.2. The maximum atomic E-state index is 12.8. The summed E-state index contributed by atoms with van der Waals surface area (Å²) in [5.41, 5.74) is 2.73. The fraction of sp³-hybridized carbons (Fsp3) is 0.368. The van der Waals surface area contributed by atoms with E-state index in [1.165, 1.54) is 0 Å². The average Bonchev–Trinajstić information content (AvgIpc) is 3.05. The molecule has 3 aromatic rings. The van der Waals surface area contributed by atoms with Crippen molar-refractivity contribution in [3.8, 4) is 5.75 Å². The van der Waals surface area contributed by atoms with Gasteiger partial charge in [-0.15, -0.1) is 10.2 Å². The van der Waals surface area contributed by atoms with Crippen LogP contribution in [0.25, 0.3) is 5.78 Å². The third-order valence-electron chi connectivity index (χ3n) is 4.20. The molecule has 0 bridgehead atoms. The first-order valence-corrected chi connectivity index (χ1v) is 8.76. The van der Waals surface area contributed by atoms with E-state index in [9.17, 15) is 4.79 Å². The topological polar surface area (TPSA) is 81.4 Å². The van der Waals surface area contributed by atoms with Gasteiger partial charge in [-0.2, -0.15) is 0 Å². The summed E-state index contributed by atoms with van der Waals surface area (Å²) in [4.78, 5) is 17.1. The smallest absolute Gasteiger partial charge is 0.290 e. The van der Waals surface area contributed by atoms with Gasteiger partial charge < -0.3 is 10.1 Å². The second-order valence-corrected chi connectivity index (χ2v) is 6.13. The van der Waals surface area contributed by atoms with Crippen LogP contribution in [0.4, 0.5) is 0 Å². The molecule has 2 heterocycles. The second kappa shape index (κ2) is 7.51. The summed E-state index contributed by atoms with van der Waals surface area (Å²) in [5.74, 6) is 1.22. The van der Waals surface area contributed by atoms with Gasteiger partial charge in [0.15, 0.2) is 0 Å². The van der Waals surface area contributed by atoms with E-state index < -0.39 is 0 Å². The molecule has 2 aromatic heterocycles. The molecule has 0 fully saturated rings. The molecule has 7 heteroatoms. The first kappa shape index (κ1) is 17.8. The number of rotatable bonds is 6. The lowest BCUT2D eigenvalue weighted by molar-refractivity contribution is 0.0923. The number of hydrogen-bond donors (Lipinski definition) is 1. The first-order chi connectivity index (χ1) is 12.5. The van der Waals surface area contributed by atoms with Gasteiger partial charge in [-0.3, -0.25) is 9.20 Å². The minimum absolute atomic E-state index is 0.121. The Morgan fingerprint density at radius 3 is 2.58 bits per heavy atom. The molecule has 0 saturated heterocycles. The van der Waals surface area contributed by atoms with Gasteiger partial charge in [-0.25, -0.2) is 4.98 Å². The van der Waals surface area contributed by atoms with Gasteiger partial charge in [-0.05, 0) is 51.0 Å². The highest BCUT2D eigenvalue weighted by molar-refractivity contribution is 5.91. The molecular weight excluding hydrogens is 330 g/mol. The molecule has 0 aliphatic heterocycles. The predicted octanol–water partition coefficient (Wildman–Crippen LogP) is 3.02. The van der Waals surface area contributed by atoms with Gasteiger partial charge in [0.25, 0.3) is 11.7 Å². The maximum absolute atomic E-state index is 12.8. The van der Waals surface area contributed by atoms with Crippen LogP contribution < -0.4 is 10.1 Å². The summed E-state index contributed by atoms with van der Waals surface area (Å²) in [6.07, 6.45) is 0.757. The number of amides is 1. The van der Waals surface area contributed by atoms with Gasteiger partial charge in [0.1, 0.15) is 5.75 Å². The van der Waals surface area contributed by atoms with Crippen molar-refractivity contribution in [1.82, 2.24) is 24.9 Å². The quantitative estimate of drug-likeness (QED) is 0.737. The van der Waals surface area contributed by atoms with Crippen LogP contribution in [0.1, 0.15) is 53.9 Å². The summed E-state index contributed by atoms with van der Waals surface area (Å²) < 4.78 is 7.14. The SMILES string of the molecule is CCOc1ccc([C@H](CC)NC(=O)c2nnc3nc(C)cc(C)n23)cc1. The molecule has 0 unspecified atom stereocenters. The molecule has 1 atom stereocenters. The number of carbonyl (C=O) groups excluding carboxylic acids is 1. The number of ether oxygens (including phenoxy) is 1. The zero-order valence-corrected chi connectivity index (χ0v) is 15.5. The number of carbonyl (C=O) groups is 1. The van der Waals surface area contributed by atoms with Crippen molar-refractivity contribution < 1.29 is 9.53 Å². The van der Waals surface area contributed by atoms with Crippen molar-refractivity contribution in [1.29, 1.82) is 0 Å². The highest BCUT2D eigenvalue weighted by Gasteiger charge is 2.20. The molecule has 136 valence electrons. The highest BCUT2D eigenvalue weighted by Crippen LogP contribution is 2.21. The van der Waals surface area contributed by atoms with Crippen molar-refractivity contribution >= 4 is 11.7 Å². The Balaban J connectivity index is 1.84. The van der Waals surface area contributed by atoms with Crippen molar-refractivity contribution in [2.45, 2.75) is 40.2 Å². The van der Waals surface area contributed by atoms with Gasteiger partial charge in [0.05, 0.1) is 12.6 Å². The Hall–Kier alpha value is -2.96. The Labute approximate surface area is 152 Å². The molecule has 0 spiro atoms. The third kappa shape index (κ3) is 3.51. The average molecular weight is 353 g/mol. The van der Waals surface area contributed by atoms with E-state index in [1.54, 1.807) is 4.40 Å². The Bertz CT molecular complexity index is 918. The molecule has 0 aliphatic rings. The molecule has 26 heavy (non-hydrogen) atoms. The summed E-state index contributed by atoms with van der Waals surface area (Å²) in [5, 5.41) is 11.1. The Morgan fingerprint density at radius 1 is 1.19 bits per heavy atom. The molecule has 0 aliphatic carbocycles. The van der Waals surface area contributed by atoms with Crippen molar-refractivity contribution in [2.75, 3.05) is 6.61 Å². The number of nitrogens with one attached hydrogen (secondary N) is 1. The highest BCUT2D eigenvalue weighted by atomic mass is 16.5. The van der Waals surface area contributed by atoms with E-state index in [2.05, 4.69) is 20.5 Å². The zero-order chi connectivity index (χ0) is 18.7. The van der Waals surface area contributed by atoms with Gasteiger partial charge >= 0.3 is 0 Å². The van der Waals surface area contributed by atoms with Crippen LogP contribution in [0.15, 0.2) is 30.3 Å². The Kier molecular flexibility index (Phi) is 5.16. The second-order valence-electron chi connectivity index (χ2n) is 6.13. The molecule has 1 aromatic carbocycles. The van der Waals surface area contributed by atoms with Crippen LogP contribution in [0, 0.1) is 13.8 Å². The number of aryl methyl sites for hydroxylation is 2. The molecule has 1 N–H and O–H groups in total. The van der Waals surface area contributed by atoms with E-state index in [1.807, 2.05) is 58.0 Å². The van der Waals surface area contributed by atoms with E-state index in [4.69, 9.17) is 4.74 Å². The minimum atomic E-state index is -0.271. The van der Waals surface area contributed by atoms with E-state index >= 15 is 0 Å². The van der Waals surface area contributed by atoms with Crippen molar-refractivity contribution in [3.63, 3.8) is 0 Å². The predicted molar refractivity (Wildman–Crippen MR) is 98.4 cm³/mol. The first-order valence-electron chi connectivity index (χ1n) is 8.76. The molecule has 0 saturated carbocycles. The van der Waals surface area contributed by atoms with E-state index in [0.717, 1.165) is 29.1 Å². The number of benzene rings is 1. The summed E-state index contributed by atoms with van der Waals surface area (Å²) in [7, 11) is 0. The number of fused-ring (bicyclic) bond motifs is 1.